The van der Waals surface area contributed by atoms with Crippen molar-refractivity contribution in [1.29, 1.82) is 0 Å². The van der Waals surface area contributed by atoms with Crippen LogP contribution < -0.4 is 5.32 Å². The Morgan fingerprint density at radius 2 is 1.90 bits per heavy atom. The number of anilines is 1. The lowest BCUT2D eigenvalue weighted by Gasteiger charge is -2.04. The maximum atomic E-state index is 11.9. The van der Waals surface area contributed by atoms with E-state index in [0.29, 0.717) is 16.3 Å². The molecule has 0 saturated carbocycles. The highest BCUT2D eigenvalue weighted by atomic mass is 35.5. The highest BCUT2D eigenvalue weighted by Gasteiger charge is 2.02. The van der Waals surface area contributed by atoms with E-state index in [2.05, 4.69) is 5.32 Å². The van der Waals surface area contributed by atoms with Gasteiger partial charge in [0.1, 0.15) is 5.75 Å². The van der Waals surface area contributed by atoms with Crippen molar-refractivity contribution in [3.63, 3.8) is 0 Å². The Kier molecular flexibility index (Phi) is 4.43. The molecule has 0 radical (unpaired) electrons. The number of phenolic OH excluding ortho intramolecular Hbond substituents is 1. The molecule has 2 N–H and O–H groups in total. The number of hydrogen-bond donors (Lipinski definition) is 2. The van der Waals surface area contributed by atoms with Crippen LogP contribution in [0.3, 0.4) is 0 Å². The Labute approximate surface area is 122 Å². The number of rotatable bonds is 4. The fourth-order valence-electron chi connectivity index (χ4n) is 1.65. The van der Waals surface area contributed by atoms with Crippen molar-refractivity contribution in [1.82, 2.24) is 0 Å². The fourth-order valence-corrected chi connectivity index (χ4v) is 1.82. The Bertz CT molecular complexity index is 648. The number of aryl methyl sites for hydroxylation is 1. The number of benzene rings is 2. The molecule has 0 unspecified atom stereocenters. The van der Waals surface area contributed by atoms with Crippen LogP contribution >= 0.6 is 11.6 Å². The molecule has 102 valence electrons. The molecule has 0 fully saturated rings. The summed E-state index contributed by atoms with van der Waals surface area (Å²) in [6.07, 6.45) is 2.89. The first-order valence-corrected chi connectivity index (χ1v) is 6.46. The molecule has 2 aromatic carbocycles. The van der Waals surface area contributed by atoms with Gasteiger partial charge in [-0.25, -0.2) is 0 Å². The van der Waals surface area contributed by atoms with E-state index in [0.717, 1.165) is 5.56 Å². The van der Waals surface area contributed by atoms with E-state index in [1.165, 1.54) is 18.3 Å². The number of carbonyl (C=O) groups is 1. The van der Waals surface area contributed by atoms with Gasteiger partial charge in [0.2, 0.25) is 0 Å². The molecule has 0 aromatic heterocycles. The van der Waals surface area contributed by atoms with Crippen LogP contribution in [0.4, 0.5) is 5.69 Å². The third-order valence-corrected chi connectivity index (χ3v) is 3.00. The first kappa shape index (κ1) is 14.2. The Morgan fingerprint density at radius 1 is 1.20 bits per heavy atom. The lowest BCUT2D eigenvalue weighted by Crippen LogP contribution is -1.96. The predicted molar refractivity (Wildman–Crippen MR) is 81.4 cm³/mol. The van der Waals surface area contributed by atoms with Crippen molar-refractivity contribution in [2.75, 3.05) is 5.32 Å². The zero-order chi connectivity index (χ0) is 14.5. The maximum absolute atomic E-state index is 11.9. The number of halogens is 1. The monoisotopic (exact) mass is 287 g/mol. The molecule has 3 nitrogen and oxygen atoms in total. The summed E-state index contributed by atoms with van der Waals surface area (Å²) in [4.78, 5) is 11.9. The molecule has 0 atom stereocenters. The highest BCUT2D eigenvalue weighted by Crippen LogP contribution is 2.26. The van der Waals surface area contributed by atoms with Crippen molar-refractivity contribution in [3.8, 4) is 5.75 Å². The third kappa shape index (κ3) is 3.62. The van der Waals surface area contributed by atoms with E-state index in [1.54, 1.807) is 24.3 Å². The Morgan fingerprint density at radius 3 is 2.60 bits per heavy atom. The number of phenols is 1. The summed E-state index contributed by atoms with van der Waals surface area (Å²) >= 11 is 5.83. The van der Waals surface area contributed by atoms with Crippen LogP contribution in [0.15, 0.2) is 54.7 Å². The van der Waals surface area contributed by atoms with Crippen LogP contribution in [0.25, 0.3) is 0 Å². The summed E-state index contributed by atoms with van der Waals surface area (Å²) in [5.41, 5.74) is 2.17. The average molecular weight is 288 g/mol. The molecule has 4 heteroatoms. The minimum atomic E-state index is -0.112. The zero-order valence-electron chi connectivity index (χ0n) is 10.9. The van der Waals surface area contributed by atoms with Gasteiger partial charge in [-0.1, -0.05) is 41.4 Å². The average Bonchev–Trinajstić information content (AvgIpc) is 2.43. The van der Waals surface area contributed by atoms with Gasteiger partial charge in [-0.3, -0.25) is 4.79 Å². The van der Waals surface area contributed by atoms with Crippen LogP contribution in [0, 0.1) is 6.92 Å². The van der Waals surface area contributed by atoms with Crippen LogP contribution in [0.1, 0.15) is 15.9 Å². The van der Waals surface area contributed by atoms with Gasteiger partial charge < -0.3 is 10.4 Å². The van der Waals surface area contributed by atoms with Crippen LogP contribution in [0.2, 0.25) is 5.02 Å². The summed E-state index contributed by atoms with van der Waals surface area (Å²) in [7, 11) is 0. The van der Waals surface area contributed by atoms with E-state index in [-0.39, 0.29) is 11.5 Å². The molecule has 2 aromatic rings. The summed E-state index contributed by atoms with van der Waals surface area (Å²) in [6.45, 7) is 1.97. The number of carbonyl (C=O) groups excluding carboxylic acids is 1. The van der Waals surface area contributed by atoms with Gasteiger partial charge in [-0.2, -0.15) is 0 Å². The Balaban J connectivity index is 2.04. The number of allylic oxidation sites excluding steroid dienone is 1. The molecule has 0 aliphatic rings. The van der Waals surface area contributed by atoms with Crippen molar-refractivity contribution in [3.05, 3.63) is 70.9 Å². The standard InChI is InChI=1S/C16H14ClNO2/c1-11-2-4-12(5-3-11)15(19)8-9-18-14-10-13(17)6-7-16(14)20/h2-10,18,20H,1H3/b9-8+. The molecule has 0 amide bonds. The van der Waals surface area contributed by atoms with Crippen molar-refractivity contribution in [2.45, 2.75) is 6.92 Å². The minimum Gasteiger partial charge on any atom is -0.506 e. The molecule has 0 spiro atoms. The second-order valence-corrected chi connectivity index (χ2v) is 4.81. The van der Waals surface area contributed by atoms with Crippen LogP contribution in [0.5, 0.6) is 5.75 Å². The lowest BCUT2D eigenvalue weighted by atomic mass is 10.1. The SMILES string of the molecule is Cc1ccc(C(=O)/C=C/Nc2cc(Cl)ccc2O)cc1. The lowest BCUT2D eigenvalue weighted by molar-refractivity contribution is 0.104. The first-order valence-electron chi connectivity index (χ1n) is 6.09. The Hall–Kier alpha value is -2.26. The van der Waals surface area contributed by atoms with Gasteiger partial charge in [0.05, 0.1) is 5.69 Å². The summed E-state index contributed by atoms with van der Waals surface area (Å²) in [6, 6.07) is 12.0. The largest absolute Gasteiger partial charge is 0.506 e. The second kappa shape index (κ2) is 6.26. The van der Waals surface area contributed by atoms with Gasteiger partial charge >= 0.3 is 0 Å². The predicted octanol–water partition coefficient (Wildman–Crippen LogP) is 4.16. The van der Waals surface area contributed by atoms with E-state index < -0.39 is 0 Å². The number of nitrogens with one attached hydrogen (secondary N) is 1. The smallest absolute Gasteiger partial charge is 0.187 e. The molecule has 0 aliphatic heterocycles. The molecule has 20 heavy (non-hydrogen) atoms. The van der Waals surface area contributed by atoms with E-state index >= 15 is 0 Å². The van der Waals surface area contributed by atoms with Crippen LogP contribution in [-0.2, 0) is 0 Å². The molecule has 0 heterocycles. The van der Waals surface area contributed by atoms with Gasteiger partial charge in [0.15, 0.2) is 5.78 Å². The summed E-state index contributed by atoms with van der Waals surface area (Å²) in [5, 5.41) is 12.9. The third-order valence-electron chi connectivity index (χ3n) is 2.77. The molecule has 0 bridgehead atoms. The van der Waals surface area contributed by atoms with Crippen molar-refractivity contribution < 1.29 is 9.90 Å². The quantitative estimate of drug-likeness (QED) is 0.504. The van der Waals surface area contributed by atoms with Crippen molar-refractivity contribution in [2.24, 2.45) is 0 Å². The highest BCUT2D eigenvalue weighted by molar-refractivity contribution is 6.30. The van der Waals surface area contributed by atoms with Crippen LogP contribution in [-0.4, -0.2) is 10.9 Å². The van der Waals surface area contributed by atoms with Gasteiger partial charge in [0.25, 0.3) is 0 Å². The first-order chi connectivity index (χ1) is 9.56. The van der Waals surface area contributed by atoms with Gasteiger partial charge in [-0.05, 0) is 25.1 Å². The van der Waals surface area contributed by atoms with Crippen molar-refractivity contribution >= 4 is 23.1 Å². The molecule has 0 saturated heterocycles. The zero-order valence-corrected chi connectivity index (χ0v) is 11.7. The van der Waals surface area contributed by atoms with Gasteiger partial charge in [-0.15, -0.1) is 0 Å². The summed E-state index contributed by atoms with van der Waals surface area (Å²) < 4.78 is 0. The minimum absolute atomic E-state index is 0.0711. The van der Waals surface area contributed by atoms with E-state index in [4.69, 9.17) is 11.6 Å². The fraction of sp³-hybridized carbons (Fsp3) is 0.0625. The number of hydrogen-bond acceptors (Lipinski definition) is 3. The molecular weight excluding hydrogens is 274 g/mol. The summed E-state index contributed by atoms with van der Waals surface area (Å²) in [5.74, 6) is -0.0409. The van der Waals surface area contributed by atoms with E-state index in [9.17, 15) is 9.90 Å². The normalized spacial score (nSPS) is 10.7. The molecule has 2 rings (SSSR count). The molecule has 0 aliphatic carbocycles. The topological polar surface area (TPSA) is 49.3 Å². The number of aromatic hydroxyl groups is 1. The second-order valence-electron chi connectivity index (χ2n) is 4.37. The maximum Gasteiger partial charge on any atom is 0.187 e. The van der Waals surface area contributed by atoms with E-state index in [1.807, 2.05) is 19.1 Å². The van der Waals surface area contributed by atoms with Gasteiger partial charge in [0, 0.05) is 22.9 Å². The number of ketones is 1. The molecular formula is C16H14ClNO2.